The molecule has 2 amide bonds. The first kappa shape index (κ1) is 15.5. The number of hydrogen-bond acceptors (Lipinski definition) is 2. The van der Waals surface area contributed by atoms with E-state index in [2.05, 4.69) is 18.3 Å². The monoisotopic (exact) mass is 288 g/mol. The minimum Gasteiger partial charge on any atom is -0.339 e. The summed E-state index contributed by atoms with van der Waals surface area (Å²) in [5, 5.41) is 2.95. The van der Waals surface area contributed by atoms with Gasteiger partial charge in [0.1, 0.15) is 0 Å². The topological polar surface area (TPSA) is 49.4 Å². The molecular weight excluding hydrogens is 264 g/mol. The maximum atomic E-state index is 12.3. The second-order valence-electron chi connectivity index (χ2n) is 6.07. The molecule has 1 aromatic carbocycles. The molecule has 114 valence electrons. The van der Waals surface area contributed by atoms with Gasteiger partial charge in [0.05, 0.1) is 5.92 Å². The smallest absolute Gasteiger partial charge is 0.229 e. The van der Waals surface area contributed by atoms with E-state index in [1.807, 2.05) is 37.8 Å². The van der Waals surface area contributed by atoms with Crippen LogP contribution in [-0.4, -0.2) is 29.3 Å². The van der Waals surface area contributed by atoms with Gasteiger partial charge >= 0.3 is 0 Å². The molecule has 1 fully saturated rings. The lowest BCUT2D eigenvalue weighted by Gasteiger charge is -2.23. The van der Waals surface area contributed by atoms with E-state index in [0.717, 1.165) is 23.2 Å². The van der Waals surface area contributed by atoms with Crippen LogP contribution >= 0.6 is 0 Å². The number of hydrogen-bond donors (Lipinski definition) is 1. The molecule has 1 aliphatic heterocycles. The first-order valence-electron chi connectivity index (χ1n) is 7.59. The number of nitrogens with one attached hydrogen (secondary N) is 1. The second kappa shape index (κ2) is 6.29. The predicted molar refractivity (Wildman–Crippen MR) is 84.1 cm³/mol. The van der Waals surface area contributed by atoms with Crippen molar-refractivity contribution in [2.75, 3.05) is 11.9 Å². The molecule has 0 aromatic heterocycles. The van der Waals surface area contributed by atoms with E-state index in [4.69, 9.17) is 0 Å². The summed E-state index contributed by atoms with van der Waals surface area (Å²) in [6, 6.07) is 6.18. The van der Waals surface area contributed by atoms with Gasteiger partial charge in [-0.3, -0.25) is 9.59 Å². The third-order valence-electron chi connectivity index (χ3n) is 4.14. The summed E-state index contributed by atoms with van der Waals surface area (Å²) in [6.45, 7) is 8.63. The van der Waals surface area contributed by atoms with Gasteiger partial charge in [-0.15, -0.1) is 0 Å². The maximum absolute atomic E-state index is 12.3. The Morgan fingerprint density at radius 2 is 1.95 bits per heavy atom. The van der Waals surface area contributed by atoms with Crippen LogP contribution in [0.2, 0.25) is 0 Å². The number of carbonyl (C=O) groups excluding carboxylic acids is 2. The van der Waals surface area contributed by atoms with Gasteiger partial charge in [-0.25, -0.2) is 0 Å². The Hall–Kier alpha value is -1.84. The molecule has 1 heterocycles. The normalized spacial score (nSPS) is 19.7. The first-order chi connectivity index (χ1) is 9.90. The lowest BCUT2D eigenvalue weighted by molar-refractivity contribution is -0.129. The van der Waals surface area contributed by atoms with Gasteiger partial charge in [-0.1, -0.05) is 13.0 Å². The average molecular weight is 288 g/mol. The zero-order valence-corrected chi connectivity index (χ0v) is 13.3. The van der Waals surface area contributed by atoms with Crippen LogP contribution in [0.4, 0.5) is 5.69 Å². The van der Waals surface area contributed by atoms with Crippen molar-refractivity contribution in [2.45, 2.75) is 46.6 Å². The molecular formula is C17H24N2O2. The van der Waals surface area contributed by atoms with Crippen LogP contribution in [0.15, 0.2) is 18.2 Å². The molecule has 1 aliphatic rings. The van der Waals surface area contributed by atoms with E-state index >= 15 is 0 Å². The van der Waals surface area contributed by atoms with Crippen LogP contribution in [0.5, 0.6) is 0 Å². The van der Waals surface area contributed by atoms with Crippen molar-refractivity contribution in [1.82, 2.24) is 4.90 Å². The molecule has 1 saturated heterocycles. The zero-order valence-electron chi connectivity index (χ0n) is 13.3. The fourth-order valence-electron chi connectivity index (χ4n) is 2.84. The van der Waals surface area contributed by atoms with Crippen molar-refractivity contribution in [3.63, 3.8) is 0 Å². The number of anilines is 1. The van der Waals surface area contributed by atoms with Gasteiger partial charge in [0.2, 0.25) is 11.8 Å². The molecule has 0 saturated carbocycles. The molecule has 2 unspecified atom stereocenters. The third-order valence-corrected chi connectivity index (χ3v) is 4.14. The Balaban J connectivity index is 2.03. The summed E-state index contributed by atoms with van der Waals surface area (Å²) in [6.07, 6.45) is 1.23. The zero-order chi connectivity index (χ0) is 15.6. The van der Waals surface area contributed by atoms with E-state index < -0.39 is 0 Å². The lowest BCUT2D eigenvalue weighted by atomic mass is 10.1. The fraction of sp³-hybridized carbons (Fsp3) is 0.529. The molecule has 1 aromatic rings. The van der Waals surface area contributed by atoms with Crippen LogP contribution in [0.3, 0.4) is 0 Å². The van der Waals surface area contributed by atoms with Crippen LogP contribution in [0.1, 0.15) is 37.8 Å². The van der Waals surface area contributed by atoms with E-state index in [1.54, 1.807) is 0 Å². The summed E-state index contributed by atoms with van der Waals surface area (Å²) >= 11 is 0. The Bertz CT molecular complexity index is 533. The molecule has 0 aliphatic carbocycles. The SMILES string of the molecule is CCC(C)N1CC(C(=O)Nc2cc(C)cc(C)c2)CC1=O. The van der Waals surface area contributed by atoms with E-state index in [-0.39, 0.29) is 23.8 Å². The highest BCUT2D eigenvalue weighted by Crippen LogP contribution is 2.23. The van der Waals surface area contributed by atoms with Crippen molar-refractivity contribution in [2.24, 2.45) is 5.92 Å². The third kappa shape index (κ3) is 3.63. The highest BCUT2D eigenvalue weighted by Gasteiger charge is 2.36. The summed E-state index contributed by atoms with van der Waals surface area (Å²) in [5.41, 5.74) is 3.05. The Morgan fingerprint density at radius 3 is 2.52 bits per heavy atom. The maximum Gasteiger partial charge on any atom is 0.229 e. The lowest BCUT2D eigenvalue weighted by Crippen LogP contribution is -2.35. The number of carbonyl (C=O) groups is 2. The van der Waals surface area contributed by atoms with Crippen molar-refractivity contribution >= 4 is 17.5 Å². The van der Waals surface area contributed by atoms with E-state index in [1.165, 1.54) is 0 Å². The molecule has 21 heavy (non-hydrogen) atoms. The van der Waals surface area contributed by atoms with E-state index in [9.17, 15) is 9.59 Å². The predicted octanol–water partition coefficient (Wildman–Crippen LogP) is 2.89. The number of rotatable bonds is 4. The molecule has 0 radical (unpaired) electrons. The largest absolute Gasteiger partial charge is 0.339 e. The molecule has 4 heteroatoms. The number of aryl methyl sites for hydroxylation is 2. The summed E-state index contributed by atoms with van der Waals surface area (Å²) in [5.74, 6) is -0.212. The minimum atomic E-state index is -0.243. The molecule has 2 atom stereocenters. The number of nitrogens with zero attached hydrogens (tertiary/aromatic N) is 1. The summed E-state index contributed by atoms with van der Waals surface area (Å²) in [7, 11) is 0. The van der Waals surface area contributed by atoms with Crippen molar-refractivity contribution in [3.8, 4) is 0 Å². The quantitative estimate of drug-likeness (QED) is 0.926. The van der Waals surface area contributed by atoms with Crippen LogP contribution < -0.4 is 5.32 Å². The Morgan fingerprint density at radius 1 is 1.33 bits per heavy atom. The highest BCUT2D eigenvalue weighted by atomic mass is 16.2. The second-order valence-corrected chi connectivity index (χ2v) is 6.07. The fourth-order valence-corrected chi connectivity index (χ4v) is 2.84. The molecule has 0 spiro atoms. The Kier molecular flexibility index (Phi) is 4.66. The average Bonchev–Trinajstić information content (AvgIpc) is 2.79. The standard InChI is InChI=1S/C17H24N2O2/c1-5-13(4)19-10-14(9-16(19)20)17(21)18-15-7-11(2)6-12(3)8-15/h6-8,13-14H,5,9-10H2,1-4H3,(H,18,21). The van der Waals surface area contributed by atoms with Crippen molar-refractivity contribution < 1.29 is 9.59 Å². The van der Waals surface area contributed by atoms with Gasteiger partial charge < -0.3 is 10.2 Å². The highest BCUT2D eigenvalue weighted by molar-refractivity contribution is 5.97. The number of amides is 2. The van der Waals surface area contributed by atoms with Gasteiger partial charge in [0.25, 0.3) is 0 Å². The summed E-state index contributed by atoms with van der Waals surface area (Å²) < 4.78 is 0. The van der Waals surface area contributed by atoms with Crippen LogP contribution in [0.25, 0.3) is 0 Å². The number of benzene rings is 1. The molecule has 0 bridgehead atoms. The van der Waals surface area contributed by atoms with Crippen LogP contribution in [0, 0.1) is 19.8 Å². The minimum absolute atomic E-state index is 0.0563. The van der Waals surface area contributed by atoms with Gasteiger partial charge in [-0.2, -0.15) is 0 Å². The van der Waals surface area contributed by atoms with Gasteiger partial charge in [-0.05, 0) is 50.5 Å². The molecule has 4 nitrogen and oxygen atoms in total. The number of likely N-dealkylation sites (tertiary alicyclic amines) is 1. The van der Waals surface area contributed by atoms with Gasteiger partial charge in [0, 0.05) is 24.7 Å². The van der Waals surface area contributed by atoms with Crippen molar-refractivity contribution in [3.05, 3.63) is 29.3 Å². The van der Waals surface area contributed by atoms with Crippen LogP contribution in [-0.2, 0) is 9.59 Å². The van der Waals surface area contributed by atoms with Gasteiger partial charge in [0.15, 0.2) is 0 Å². The first-order valence-corrected chi connectivity index (χ1v) is 7.59. The van der Waals surface area contributed by atoms with Crippen molar-refractivity contribution in [1.29, 1.82) is 0 Å². The Labute approximate surface area is 126 Å². The molecule has 2 rings (SSSR count). The summed E-state index contributed by atoms with van der Waals surface area (Å²) in [4.78, 5) is 26.2. The van der Waals surface area contributed by atoms with E-state index in [0.29, 0.717) is 13.0 Å². The molecule has 1 N–H and O–H groups in total.